The second kappa shape index (κ2) is 228. The summed E-state index contributed by atoms with van der Waals surface area (Å²) < 4.78 is 0. The summed E-state index contributed by atoms with van der Waals surface area (Å²) in [5, 5.41) is 0. The fraction of sp³-hybridized carbons (Fsp3) is 0. The van der Waals surface area contributed by atoms with E-state index in [1.54, 1.807) is 0 Å². The largest absolute Gasteiger partial charge is 3.00 e. The first-order chi connectivity index (χ1) is 0. The van der Waals surface area contributed by atoms with Crippen LogP contribution in [0.1, 0.15) is 0 Å². The summed E-state index contributed by atoms with van der Waals surface area (Å²) >= 11 is 0. The van der Waals surface area contributed by atoms with Gasteiger partial charge in [-0.05, 0) is 0 Å². The average molecular weight is 261 g/mol. The van der Waals surface area contributed by atoms with Crippen molar-refractivity contribution in [2.75, 3.05) is 0 Å². The van der Waals surface area contributed by atoms with E-state index in [0.717, 1.165) is 0 Å². The first kappa shape index (κ1) is 462. The SMILES string of the molecule is O.[Ir+3].[OH-].[OH-].[OH-]. The summed E-state index contributed by atoms with van der Waals surface area (Å²) in [6.45, 7) is 0. The van der Waals surface area contributed by atoms with E-state index in [1.165, 1.54) is 0 Å². The van der Waals surface area contributed by atoms with Crippen LogP contribution in [0.2, 0.25) is 0 Å². The van der Waals surface area contributed by atoms with Gasteiger partial charge < -0.3 is 21.9 Å². The Labute approximate surface area is 42.8 Å². The van der Waals surface area contributed by atoms with Crippen molar-refractivity contribution >= 4 is 0 Å². The van der Waals surface area contributed by atoms with Crippen LogP contribution in [0.5, 0.6) is 0 Å². The molecule has 0 heterocycles. The van der Waals surface area contributed by atoms with Gasteiger partial charge in [0, 0.05) is 0 Å². The van der Waals surface area contributed by atoms with E-state index in [4.69, 9.17) is 0 Å². The van der Waals surface area contributed by atoms with Gasteiger partial charge in [0.15, 0.2) is 0 Å². The Morgan fingerprint density at radius 2 is 0.600 bits per heavy atom. The summed E-state index contributed by atoms with van der Waals surface area (Å²) in [5.41, 5.74) is 0. The Morgan fingerprint density at radius 3 is 0.600 bits per heavy atom. The van der Waals surface area contributed by atoms with Crippen LogP contribution in [0.3, 0.4) is 0 Å². The molecule has 0 saturated carbocycles. The van der Waals surface area contributed by atoms with Crippen molar-refractivity contribution < 1.29 is 42.0 Å². The molecule has 0 aromatic heterocycles. The normalized spacial score (nSPS) is 0. The summed E-state index contributed by atoms with van der Waals surface area (Å²) in [6.07, 6.45) is 0. The Balaban J connectivity index is 0. The van der Waals surface area contributed by atoms with Crippen LogP contribution in [-0.4, -0.2) is 21.9 Å². The Bertz CT molecular complexity index is 3.61. The second-order valence-corrected chi connectivity index (χ2v) is 0. The molecule has 0 rings (SSSR count). The van der Waals surface area contributed by atoms with Gasteiger partial charge in [0.25, 0.3) is 0 Å². The van der Waals surface area contributed by atoms with E-state index in [-0.39, 0.29) is 42.0 Å². The maximum atomic E-state index is 0. The number of hydrogen-bond acceptors (Lipinski definition) is 3. The summed E-state index contributed by atoms with van der Waals surface area (Å²) in [5.74, 6) is 0. The maximum absolute atomic E-state index is 0. The van der Waals surface area contributed by atoms with Crippen LogP contribution in [0.4, 0.5) is 0 Å². The molecule has 0 spiro atoms. The third kappa shape index (κ3) is 116. The van der Waals surface area contributed by atoms with E-state index in [1.807, 2.05) is 0 Å². The fourth-order valence-electron chi connectivity index (χ4n) is 0. The van der Waals surface area contributed by atoms with Crippen molar-refractivity contribution in [3.8, 4) is 0 Å². The third-order valence-electron chi connectivity index (χ3n) is 0. The second-order valence-electron chi connectivity index (χ2n) is 0. The fourth-order valence-corrected chi connectivity index (χ4v) is 0. The van der Waals surface area contributed by atoms with Gasteiger partial charge in [-0.2, -0.15) is 0 Å². The molecule has 0 radical (unpaired) electrons. The van der Waals surface area contributed by atoms with Gasteiger partial charge in [-0.3, -0.25) is 0 Å². The quantitative estimate of drug-likeness (QED) is 0.535. The molecule has 0 saturated heterocycles. The van der Waals surface area contributed by atoms with Crippen LogP contribution in [-0.2, 0) is 20.1 Å². The van der Waals surface area contributed by atoms with Crippen LogP contribution in [0, 0.1) is 0 Å². The predicted molar refractivity (Wildman–Crippen MR) is 9.42 cm³/mol. The molecule has 0 amide bonds. The molecule has 0 aliphatic rings. The average Bonchev–Trinajstić information content (AvgIpc) is 0. The minimum absolute atomic E-state index is 0. The zero-order chi connectivity index (χ0) is 0. The Hall–Kier alpha value is 0.489. The van der Waals surface area contributed by atoms with E-state index in [9.17, 15) is 0 Å². The minimum Gasteiger partial charge on any atom is -0.870 e. The Kier molecular flexibility index (Phi) is 21100. The molecule has 0 aromatic rings. The minimum atomic E-state index is 0. The zero-order valence-corrected chi connectivity index (χ0v) is 4.57. The van der Waals surface area contributed by atoms with Crippen molar-refractivity contribution in [2.24, 2.45) is 0 Å². The van der Waals surface area contributed by atoms with Crippen molar-refractivity contribution in [3.05, 3.63) is 0 Å². The smallest absolute Gasteiger partial charge is 0.870 e. The van der Waals surface area contributed by atoms with E-state index in [0.29, 0.717) is 0 Å². The van der Waals surface area contributed by atoms with E-state index < -0.39 is 0 Å². The molecule has 4 nitrogen and oxygen atoms in total. The summed E-state index contributed by atoms with van der Waals surface area (Å²) in [6, 6.07) is 0. The van der Waals surface area contributed by atoms with Crippen molar-refractivity contribution in [3.63, 3.8) is 0 Å². The molecule has 0 unspecified atom stereocenters. The maximum Gasteiger partial charge on any atom is 3.00 e. The van der Waals surface area contributed by atoms with E-state index >= 15 is 0 Å². The standard InChI is InChI=1S/Ir.4H2O/h;4*1H2/q+3;;;;/p-3. The van der Waals surface area contributed by atoms with Gasteiger partial charge in [0.2, 0.25) is 0 Å². The summed E-state index contributed by atoms with van der Waals surface area (Å²) in [4.78, 5) is 0. The van der Waals surface area contributed by atoms with Crippen LogP contribution in [0.25, 0.3) is 0 Å². The molecule has 0 atom stereocenters. The molecule has 0 aromatic carbocycles. The van der Waals surface area contributed by atoms with Crippen LogP contribution < -0.4 is 0 Å². The predicted octanol–water partition coefficient (Wildman–Crippen LogP) is -1.36. The third-order valence-corrected chi connectivity index (χ3v) is 0. The topological polar surface area (TPSA) is 122 Å². The van der Waals surface area contributed by atoms with Gasteiger partial charge in [-0.25, -0.2) is 0 Å². The first-order valence-corrected chi connectivity index (χ1v) is 0. The van der Waals surface area contributed by atoms with Gasteiger partial charge >= 0.3 is 20.1 Å². The number of hydrogen-bond donors (Lipinski definition) is 0. The molecule has 5 heavy (non-hydrogen) atoms. The molecule has 38 valence electrons. The first-order valence-electron chi connectivity index (χ1n) is 0. The molecular formula is H5IrO4. The molecule has 0 fully saturated rings. The van der Waals surface area contributed by atoms with Crippen LogP contribution in [0.15, 0.2) is 0 Å². The molecule has 5 N–H and O–H groups in total. The van der Waals surface area contributed by atoms with Crippen LogP contribution >= 0.6 is 0 Å². The van der Waals surface area contributed by atoms with E-state index in [2.05, 4.69) is 0 Å². The summed E-state index contributed by atoms with van der Waals surface area (Å²) in [7, 11) is 0. The molecule has 0 bridgehead atoms. The molecule has 5 heteroatoms. The van der Waals surface area contributed by atoms with Gasteiger partial charge in [-0.1, -0.05) is 0 Å². The van der Waals surface area contributed by atoms with Crippen molar-refractivity contribution in [1.82, 2.24) is 0 Å². The molecular weight excluding hydrogens is 256 g/mol. The van der Waals surface area contributed by atoms with Crippen molar-refractivity contribution in [2.45, 2.75) is 0 Å². The zero-order valence-electron chi connectivity index (χ0n) is 2.17. The Morgan fingerprint density at radius 1 is 0.600 bits per heavy atom. The van der Waals surface area contributed by atoms with Crippen molar-refractivity contribution in [1.29, 1.82) is 0 Å². The van der Waals surface area contributed by atoms with Gasteiger partial charge in [0.1, 0.15) is 0 Å². The molecule has 0 aliphatic heterocycles. The monoisotopic (exact) mass is 262 g/mol. The van der Waals surface area contributed by atoms with Gasteiger partial charge in [0.05, 0.1) is 0 Å². The van der Waals surface area contributed by atoms with Gasteiger partial charge in [-0.15, -0.1) is 0 Å². The number of rotatable bonds is 0. The molecule has 0 aliphatic carbocycles.